The summed E-state index contributed by atoms with van der Waals surface area (Å²) in [6, 6.07) is 10.2. The molecule has 1 saturated heterocycles. The van der Waals surface area contributed by atoms with Gasteiger partial charge in [0.15, 0.2) is 5.65 Å². The molecular formula is C23H29N5O2. The maximum atomic E-state index is 12.8. The Hall–Kier alpha value is -2.93. The Morgan fingerprint density at radius 1 is 1.10 bits per heavy atom. The molecule has 0 atom stereocenters. The van der Waals surface area contributed by atoms with E-state index in [1.54, 1.807) is 7.11 Å². The number of aryl methyl sites for hydroxylation is 1. The third-order valence-corrected chi connectivity index (χ3v) is 5.80. The molecule has 3 aromatic rings. The number of nitrogens with zero attached hydrogens (tertiary/aromatic N) is 4. The summed E-state index contributed by atoms with van der Waals surface area (Å²) in [5.74, 6) is 0.795. The number of anilines is 1. The number of benzene rings is 1. The number of amides is 1. The van der Waals surface area contributed by atoms with Crippen molar-refractivity contribution in [2.45, 2.75) is 33.1 Å². The van der Waals surface area contributed by atoms with Crippen LogP contribution in [0, 0.1) is 13.8 Å². The number of aromatic nitrogens is 3. The Balaban J connectivity index is 1.90. The highest BCUT2D eigenvalue weighted by Gasteiger charge is 2.25. The van der Waals surface area contributed by atoms with E-state index in [-0.39, 0.29) is 11.7 Å². The van der Waals surface area contributed by atoms with Crippen molar-refractivity contribution >= 4 is 22.8 Å². The minimum Gasteiger partial charge on any atom is -0.383 e. The number of carbonyl (C=O) groups is 1. The highest BCUT2D eigenvalue weighted by Crippen LogP contribution is 2.34. The summed E-state index contributed by atoms with van der Waals surface area (Å²) in [5, 5.41) is 3.89. The van der Waals surface area contributed by atoms with Crippen LogP contribution in [0.2, 0.25) is 0 Å². The normalized spacial score (nSPS) is 14.3. The van der Waals surface area contributed by atoms with Crippen molar-refractivity contribution in [2.75, 3.05) is 38.3 Å². The summed E-state index contributed by atoms with van der Waals surface area (Å²) in [6.07, 6.45) is 3.51. The van der Waals surface area contributed by atoms with E-state index >= 15 is 0 Å². The van der Waals surface area contributed by atoms with Crippen molar-refractivity contribution in [3.63, 3.8) is 0 Å². The summed E-state index contributed by atoms with van der Waals surface area (Å²) >= 11 is 0. The molecule has 7 nitrogen and oxygen atoms in total. The second kappa shape index (κ2) is 8.83. The van der Waals surface area contributed by atoms with Gasteiger partial charge in [-0.15, -0.1) is 0 Å². The van der Waals surface area contributed by atoms with E-state index < -0.39 is 0 Å². The first-order valence-corrected chi connectivity index (χ1v) is 10.6. The van der Waals surface area contributed by atoms with E-state index in [1.165, 1.54) is 6.42 Å². The molecule has 1 aliphatic heterocycles. The molecule has 1 aromatic carbocycles. The van der Waals surface area contributed by atoms with Crippen LogP contribution in [0.5, 0.6) is 0 Å². The van der Waals surface area contributed by atoms with Gasteiger partial charge in [-0.25, -0.2) is 9.97 Å². The van der Waals surface area contributed by atoms with Gasteiger partial charge in [0.2, 0.25) is 5.82 Å². The zero-order chi connectivity index (χ0) is 21.1. The second-order valence-corrected chi connectivity index (χ2v) is 7.75. The molecule has 0 spiro atoms. The minimum atomic E-state index is -0.275. The lowest BCUT2D eigenvalue weighted by molar-refractivity contribution is 0.0927. The molecule has 3 heterocycles. The number of nitrogens with one attached hydrogen (secondary N) is 1. The molecule has 0 bridgehead atoms. The molecule has 1 aliphatic rings. The number of ether oxygens (including phenoxy) is 1. The zero-order valence-corrected chi connectivity index (χ0v) is 17.9. The third kappa shape index (κ3) is 3.77. The molecule has 1 amide bonds. The van der Waals surface area contributed by atoms with Crippen LogP contribution in [-0.2, 0) is 4.74 Å². The van der Waals surface area contributed by atoms with Crippen LogP contribution in [0.3, 0.4) is 0 Å². The van der Waals surface area contributed by atoms with Gasteiger partial charge in [-0.3, -0.25) is 9.36 Å². The maximum Gasteiger partial charge on any atom is 0.289 e. The molecule has 4 rings (SSSR count). The Morgan fingerprint density at radius 2 is 1.83 bits per heavy atom. The molecule has 7 heteroatoms. The summed E-state index contributed by atoms with van der Waals surface area (Å²) in [4.78, 5) is 24.6. The molecule has 0 radical (unpaired) electrons. The predicted molar refractivity (Wildman–Crippen MR) is 119 cm³/mol. The molecule has 1 N–H and O–H groups in total. The number of rotatable bonds is 6. The average molecular weight is 408 g/mol. The maximum absolute atomic E-state index is 12.8. The number of methoxy groups -OCH3 is 1. The van der Waals surface area contributed by atoms with Gasteiger partial charge in [-0.1, -0.05) is 18.2 Å². The molecule has 30 heavy (non-hydrogen) atoms. The van der Waals surface area contributed by atoms with E-state index in [4.69, 9.17) is 14.7 Å². The Bertz CT molecular complexity index is 1040. The number of para-hydroxylation sites is 1. The number of hydrogen-bond donors (Lipinski definition) is 1. The Kier molecular flexibility index (Phi) is 5.99. The van der Waals surface area contributed by atoms with Gasteiger partial charge < -0.3 is 15.0 Å². The monoisotopic (exact) mass is 407 g/mol. The lowest BCUT2D eigenvalue weighted by atomic mass is 10.1. The van der Waals surface area contributed by atoms with Crippen LogP contribution >= 0.6 is 0 Å². The number of piperidine rings is 1. The first-order chi connectivity index (χ1) is 14.6. The minimum absolute atomic E-state index is 0.203. The van der Waals surface area contributed by atoms with Gasteiger partial charge >= 0.3 is 0 Å². The van der Waals surface area contributed by atoms with Crippen molar-refractivity contribution in [1.82, 2.24) is 19.9 Å². The first kappa shape index (κ1) is 20.3. The van der Waals surface area contributed by atoms with E-state index in [2.05, 4.69) is 40.8 Å². The molecule has 0 saturated carbocycles. The van der Waals surface area contributed by atoms with Crippen molar-refractivity contribution in [3.05, 3.63) is 47.4 Å². The standard InChI is InChI=1S/C23H29N5O2/c1-16-17(2)28(18-10-6-4-7-11-18)22-19(16)21(27-13-8-5-9-14-27)25-20(26-22)23(29)24-12-15-30-3/h4,6-7,10-11H,5,8-9,12-15H2,1-3H3,(H,24,29). The van der Waals surface area contributed by atoms with Crippen LogP contribution in [0.4, 0.5) is 5.82 Å². The Labute approximate surface area is 177 Å². The highest BCUT2D eigenvalue weighted by molar-refractivity contribution is 5.98. The molecule has 2 aromatic heterocycles. The van der Waals surface area contributed by atoms with Crippen LogP contribution in [0.25, 0.3) is 16.7 Å². The fourth-order valence-electron chi connectivity index (χ4n) is 4.12. The van der Waals surface area contributed by atoms with E-state index in [0.29, 0.717) is 13.2 Å². The number of hydrogen-bond acceptors (Lipinski definition) is 5. The van der Waals surface area contributed by atoms with Gasteiger partial charge in [-0.2, -0.15) is 0 Å². The summed E-state index contributed by atoms with van der Waals surface area (Å²) < 4.78 is 7.18. The largest absolute Gasteiger partial charge is 0.383 e. The van der Waals surface area contributed by atoms with Crippen molar-refractivity contribution < 1.29 is 9.53 Å². The van der Waals surface area contributed by atoms with Gasteiger partial charge in [0.1, 0.15) is 5.82 Å². The SMILES string of the molecule is COCCNC(=O)c1nc(N2CCCCC2)c2c(C)c(C)n(-c3ccccc3)c2n1. The lowest BCUT2D eigenvalue weighted by Crippen LogP contribution is -2.33. The van der Waals surface area contributed by atoms with Crippen molar-refractivity contribution in [2.24, 2.45) is 0 Å². The molecule has 0 unspecified atom stereocenters. The molecular weight excluding hydrogens is 378 g/mol. The topological polar surface area (TPSA) is 72.3 Å². The fraction of sp³-hybridized carbons (Fsp3) is 0.435. The number of carbonyl (C=O) groups excluding carboxylic acids is 1. The van der Waals surface area contributed by atoms with Gasteiger partial charge in [0, 0.05) is 38.1 Å². The first-order valence-electron chi connectivity index (χ1n) is 10.6. The van der Waals surface area contributed by atoms with Crippen molar-refractivity contribution in [3.8, 4) is 5.69 Å². The molecule has 0 aliphatic carbocycles. The summed E-state index contributed by atoms with van der Waals surface area (Å²) in [7, 11) is 1.61. The predicted octanol–water partition coefficient (Wildman–Crippen LogP) is 3.40. The quantitative estimate of drug-likeness (QED) is 0.634. The highest BCUT2D eigenvalue weighted by atomic mass is 16.5. The smallest absolute Gasteiger partial charge is 0.289 e. The van der Waals surface area contributed by atoms with Gasteiger partial charge in [0.05, 0.1) is 12.0 Å². The number of fused-ring (bicyclic) bond motifs is 1. The Morgan fingerprint density at radius 3 is 2.53 bits per heavy atom. The van der Waals surface area contributed by atoms with Gasteiger partial charge in [0.25, 0.3) is 5.91 Å². The van der Waals surface area contributed by atoms with E-state index in [0.717, 1.165) is 59.7 Å². The average Bonchev–Trinajstić information content (AvgIpc) is 3.04. The van der Waals surface area contributed by atoms with Crippen LogP contribution < -0.4 is 10.2 Å². The summed E-state index contributed by atoms with van der Waals surface area (Å²) in [5.41, 5.74) is 4.08. The molecule has 158 valence electrons. The second-order valence-electron chi connectivity index (χ2n) is 7.75. The van der Waals surface area contributed by atoms with Gasteiger partial charge in [-0.05, 0) is 50.8 Å². The van der Waals surface area contributed by atoms with Crippen LogP contribution in [0.1, 0.15) is 41.1 Å². The summed E-state index contributed by atoms with van der Waals surface area (Å²) in [6.45, 7) is 6.99. The zero-order valence-electron chi connectivity index (χ0n) is 17.9. The third-order valence-electron chi connectivity index (χ3n) is 5.80. The fourth-order valence-corrected chi connectivity index (χ4v) is 4.12. The van der Waals surface area contributed by atoms with E-state index in [9.17, 15) is 4.79 Å². The van der Waals surface area contributed by atoms with Crippen LogP contribution in [0.15, 0.2) is 30.3 Å². The van der Waals surface area contributed by atoms with E-state index in [1.807, 2.05) is 18.2 Å². The van der Waals surface area contributed by atoms with Crippen molar-refractivity contribution in [1.29, 1.82) is 0 Å². The molecule has 1 fully saturated rings. The van der Waals surface area contributed by atoms with Crippen LogP contribution in [-0.4, -0.2) is 53.8 Å². The lowest BCUT2D eigenvalue weighted by Gasteiger charge is -2.28.